The number of aromatic hydroxyl groups is 1. The molecule has 3 aromatic rings. The summed E-state index contributed by atoms with van der Waals surface area (Å²) in [5.74, 6) is -1.29. The van der Waals surface area contributed by atoms with Gasteiger partial charge in [-0.15, -0.1) is 0 Å². The van der Waals surface area contributed by atoms with Crippen LogP contribution in [0, 0.1) is 0 Å². The molecule has 5 heteroatoms. The van der Waals surface area contributed by atoms with Crippen molar-refractivity contribution in [2.24, 2.45) is 0 Å². The first kappa shape index (κ1) is 18.7. The summed E-state index contributed by atoms with van der Waals surface area (Å²) in [5, 5.41) is 19.9. The summed E-state index contributed by atoms with van der Waals surface area (Å²) in [7, 11) is 0. The van der Waals surface area contributed by atoms with Crippen molar-refractivity contribution < 1.29 is 15.0 Å². The predicted molar refractivity (Wildman–Crippen MR) is 109 cm³/mol. The van der Waals surface area contributed by atoms with Gasteiger partial charge < -0.3 is 10.2 Å². The molecule has 0 bridgehead atoms. The van der Waals surface area contributed by atoms with E-state index in [9.17, 15) is 15.0 Å². The van der Waals surface area contributed by atoms with E-state index in [4.69, 9.17) is 0 Å². The SMILES string of the molecule is O=C(O)c1cc(Cc2ccc(Br)cc2)cc(Cc2ccc(Br)cc2)c1O. The number of carboxylic acids is 1. The summed E-state index contributed by atoms with van der Waals surface area (Å²) in [6, 6.07) is 19.1. The highest BCUT2D eigenvalue weighted by Crippen LogP contribution is 2.29. The number of phenols is 1. The lowest BCUT2D eigenvalue weighted by atomic mass is 9.95. The number of hydrogen-bond acceptors (Lipinski definition) is 2. The smallest absolute Gasteiger partial charge is 0.339 e. The van der Waals surface area contributed by atoms with Crippen LogP contribution in [0.3, 0.4) is 0 Å². The summed E-state index contributed by atoms with van der Waals surface area (Å²) in [5.41, 5.74) is 3.48. The van der Waals surface area contributed by atoms with Crippen LogP contribution in [0.4, 0.5) is 0 Å². The Hall–Kier alpha value is -2.11. The van der Waals surface area contributed by atoms with Crippen LogP contribution >= 0.6 is 31.9 Å². The Morgan fingerprint density at radius 1 is 0.769 bits per heavy atom. The van der Waals surface area contributed by atoms with Gasteiger partial charge in [-0.3, -0.25) is 0 Å². The summed E-state index contributed by atoms with van der Waals surface area (Å²) in [6.07, 6.45) is 1.06. The standard InChI is InChI=1S/C21H16Br2O3/c22-17-5-1-13(2-6-17)9-15-11-16(20(24)19(12-15)21(25)26)10-14-3-7-18(23)8-4-14/h1-8,11-12,24H,9-10H2,(H,25,26). The Morgan fingerprint density at radius 3 is 1.77 bits per heavy atom. The lowest BCUT2D eigenvalue weighted by molar-refractivity contribution is 0.0693. The van der Waals surface area contributed by atoms with E-state index in [2.05, 4.69) is 31.9 Å². The van der Waals surface area contributed by atoms with E-state index in [1.54, 1.807) is 6.07 Å². The van der Waals surface area contributed by atoms with Crippen LogP contribution in [0.5, 0.6) is 5.75 Å². The number of carboxylic acid groups (broad SMARTS) is 1. The predicted octanol–water partition coefficient (Wildman–Crippen LogP) is 5.80. The molecule has 0 saturated carbocycles. The van der Waals surface area contributed by atoms with Gasteiger partial charge in [0.2, 0.25) is 0 Å². The molecule has 0 amide bonds. The second-order valence-corrected chi connectivity index (χ2v) is 7.89. The third-order valence-corrected chi connectivity index (χ3v) is 5.17. The van der Waals surface area contributed by atoms with E-state index in [1.165, 1.54) is 0 Å². The second-order valence-electron chi connectivity index (χ2n) is 6.06. The van der Waals surface area contributed by atoms with Crippen LogP contribution in [0.2, 0.25) is 0 Å². The van der Waals surface area contributed by atoms with Crippen molar-refractivity contribution in [3.05, 3.63) is 97.4 Å². The molecule has 0 aliphatic heterocycles. The Morgan fingerprint density at radius 2 is 1.27 bits per heavy atom. The zero-order chi connectivity index (χ0) is 18.7. The van der Waals surface area contributed by atoms with Crippen LogP contribution in [0.25, 0.3) is 0 Å². The molecule has 0 spiro atoms. The number of hydrogen-bond donors (Lipinski definition) is 2. The lowest BCUT2D eigenvalue weighted by Crippen LogP contribution is -2.03. The average molecular weight is 476 g/mol. The van der Waals surface area contributed by atoms with Gasteiger partial charge in [-0.05, 0) is 59.0 Å². The first-order chi connectivity index (χ1) is 12.4. The third-order valence-electron chi connectivity index (χ3n) is 4.11. The lowest BCUT2D eigenvalue weighted by Gasteiger charge is -2.12. The quantitative estimate of drug-likeness (QED) is 0.490. The van der Waals surface area contributed by atoms with Gasteiger partial charge in [0.25, 0.3) is 0 Å². The molecule has 0 aliphatic rings. The monoisotopic (exact) mass is 474 g/mol. The molecule has 0 aromatic heterocycles. The van der Waals surface area contributed by atoms with E-state index in [-0.39, 0.29) is 11.3 Å². The Kier molecular flexibility index (Phi) is 5.79. The molecule has 132 valence electrons. The van der Waals surface area contributed by atoms with Gasteiger partial charge in [0.1, 0.15) is 11.3 Å². The van der Waals surface area contributed by atoms with Crippen molar-refractivity contribution in [2.75, 3.05) is 0 Å². The van der Waals surface area contributed by atoms with Crippen LogP contribution in [-0.4, -0.2) is 16.2 Å². The minimum atomic E-state index is -1.13. The van der Waals surface area contributed by atoms with Gasteiger partial charge in [-0.1, -0.05) is 62.2 Å². The minimum Gasteiger partial charge on any atom is -0.507 e. The molecule has 3 rings (SSSR count). The first-order valence-electron chi connectivity index (χ1n) is 7.99. The zero-order valence-electron chi connectivity index (χ0n) is 13.7. The summed E-state index contributed by atoms with van der Waals surface area (Å²) in [4.78, 5) is 11.5. The van der Waals surface area contributed by atoms with Crippen LogP contribution < -0.4 is 0 Å². The summed E-state index contributed by atoms with van der Waals surface area (Å²) >= 11 is 6.81. The Bertz CT molecular complexity index is 933. The van der Waals surface area contributed by atoms with Crippen LogP contribution in [-0.2, 0) is 12.8 Å². The fraction of sp³-hybridized carbons (Fsp3) is 0.0952. The van der Waals surface area contributed by atoms with Crippen LogP contribution in [0.15, 0.2) is 69.6 Å². The van der Waals surface area contributed by atoms with Gasteiger partial charge >= 0.3 is 5.97 Å². The van der Waals surface area contributed by atoms with E-state index in [0.29, 0.717) is 18.4 Å². The van der Waals surface area contributed by atoms with Crippen molar-refractivity contribution in [1.82, 2.24) is 0 Å². The van der Waals surface area contributed by atoms with Gasteiger partial charge in [-0.2, -0.15) is 0 Å². The fourth-order valence-electron chi connectivity index (χ4n) is 2.82. The van der Waals surface area contributed by atoms with Gasteiger partial charge in [-0.25, -0.2) is 4.79 Å². The van der Waals surface area contributed by atoms with E-state index in [0.717, 1.165) is 25.6 Å². The number of carbonyl (C=O) groups is 1. The number of aromatic carboxylic acids is 1. The third kappa shape index (κ3) is 4.54. The topological polar surface area (TPSA) is 57.5 Å². The van der Waals surface area contributed by atoms with Crippen molar-refractivity contribution in [3.8, 4) is 5.75 Å². The maximum atomic E-state index is 11.5. The summed E-state index contributed by atoms with van der Waals surface area (Å²) < 4.78 is 1.97. The van der Waals surface area contributed by atoms with Gasteiger partial charge in [0.05, 0.1) is 0 Å². The highest BCUT2D eigenvalue weighted by molar-refractivity contribution is 9.10. The number of rotatable bonds is 5. The normalized spacial score (nSPS) is 10.7. The molecule has 0 saturated heterocycles. The molecule has 0 radical (unpaired) electrons. The molecule has 0 aliphatic carbocycles. The molecule has 2 N–H and O–H groups in total. The molecule has 0 unspecified atom stereocenters. The number of benzene rings is 3. The molecule has 3 nitrogen and oxygen atoms in total. The van der Waals surface area contributed by atoms with E-state index in [1.807, 2.05) is 54.6 Å². The largest absolute Gasteiger partial charge is 0.507 e. The first-order valence-corrected chi connectivity index (χ1v) is 9.58. The number of halogens is 2. The van der Waals surface area contributed by atoms with Gasteiger partial charge in [0, 0.05) is 15.4 Å². The van der Waals surface area contributed by atoms with Crippen molar-refractivity contribution in [1.29, 1.82) is 0 Å². The van der Waals surface area contributed by atoms with Gasteiger partial charge in [0.15, 0.2) is 0 Å². The molecule has 0 heterocycles. The van der Waals surface area contributed by atoms with Crippen molar-refractivity contribution in [3.63, 3.8) is 0 Å². The minimum absolute atomic E-state index is 0.0632. The van der Waals surface area contributed by atoms with E-state index < -0.39 is 5.97 Å². The second kappa shape index (κ2) is 8.06. The maximum Gasteiger partial charge on any atom is 0.339 e. The maximum absolute atomic E-state index is 11.5. The molecular weight excluding hydrogens is 460 g/mol. The Balaban J connectivity index is 1.97. The van der Waals surface area contributed by atoms with Crippen molar-refractivity contribution >= 4 is 37.8 Å². The van der Waals surface area contributed by atoms with Crippen LogP contribution in [0.1, 0.15) is 32.6 Å². The highest BCUT2D eigenvalue weighted by atomic mass is 79.9. The van der Waals surface area contributed by atoms with Crippen molar-refractivity contribution in [2.45, 2.75) is 12.8 Å². The zero-order valence-corrected chi connectivity index (χ0v) is 16.9. The highest BCUT2D eigenvalue weighted by Gasteiger charge is 2.16. The fourth-order valence-corrected chi connectivity index (χ4v) is 3.35. The summed E-state index contributed by atoms with van der Waals surface area (Å²) in [6.45, 7) is 0. The van der Waals surface area contributed by atoms with E-state index >= 15 is 0 Å². The Labute approximate surface area is 168 Å². The molecule has 0 atom stereocenters. The molecule has 3 aromatic carbocycles. The average Bonchev–Trinajstić information content (AvgIpc) is 2.61. The molecule has 0 fully saturated rings. The molecule has 26 heavy (non-hydrogen) atoms. The molecular formula is C21H16Br2O3.